The number of carboxylic acid groups (broad SMARTS) is 1. The van der Waals surface area contributed by atoms with Crippen LogP contribution in [0.5, 0.6) is 0 Å². The van der Waals surface area contributed by atoms with Gasteiger partial charge in [0.15, 0.2) is 6.10 Å². The number of rotatable bonds is 5. The molecule has 0 saturated carbocycles. The molecule has 2 N–H and O–H groups in total. The van der Waals surface area contributed by atoms with E-state index in [1.807, 2.05) is 6.07 Å². The summed E-state index contributed by atoms with van der Waals surface area (Å²) in [7, 11) is 0. The van der Waals surface area contributed by atoms with Gasteiger partial charge in [0.25, 0.3) is 5.69 Å². The number of benzene rings is 1. The summed E-state index contributed by atoms with van der Waals surface area (Å²) in [4.78, 5) is 20.7. The molecule has 7 nitrogen and oxygen atoms in total. The Bertz CT molecular complexity index is 521. The van der Waals surface area contributed by atoms with Crippen molar-refractivity contribution in [2.75, 3.05) is 0 Å². The normalized spacial score (nSPS) is 11.6. The highest BCUT2D eigenvalue weighted by Gasteiger charge is 2.21. The van der Waals surface area contributed by atoms with Gasteiger partial charge in [-0.3, -0.25) is 10.1 Å². The molecular formula is C11H10N2O5. The summed E-state index contributed by atoms with van der Waals surface area (Å²) in [5, 5.41) is 37.3. The van der Waals surface area contributed by atoms with Crippen LogP contribution in [0, 0.1) is 21.4 Å². The van der Waals surface area contributed by atoms with Crippen LogP contribution < -0.4 is 0 Å². The first-order chi connectivity index (χ1) is 8.47. The van der Waals surface area contributed by atoms with Gasteiger partial charge in [0, 0.05) is 18.6 Å². The molecule has 1 aromatic rings. The average Bonchev–Trinajstić information content (AvgIpc) is 2.34. The average molecular weight is 250 g/mol. The Morgan fingerprint density at radius 1 is 1.56 bits per heavy atom. The number of nitriles is 1. The molecule has 0 aliphatic heterocycles. The Hall–Kier alpha value is -2.46. The van der Waals surface area contributed by atoms with Gasteiger partial charge in [0.2, 0.25) is 0 Å². The topological polar surface area (TPSA) is 124 Å². The zero-order valence-electron chi connectivity index (χ0n) is 9.24. The fourth-order valence-corrected chi connectivity index (χ4v) is 1.51. The first-order valence-corrected chi connectivity index (χ1v) is 5.02. The third-order valence-electron chi connectivity index (χ3n) is 2.37. The van der Waals surface area contributed by atoms with Gasteiger partial charge in [-0.15, -0.1) is 0 Å². The summed E-state index contributed by atoms with van der Waals surface area (Å²) < 4.78 is 0. The third-order valence-corrected chi connectivity index (χ3v) is 2.37. The van der Waals surface area contributed by atoms with Crippen molar-refractivity contribution in [3.05, 3.63) is 39.4 Å². The van der Waals surface area contributed by atoms with Crippen LogP contribution in [0.25, 0.3) is 0 Å². The molecule has 0 fully saturated rings. The molecule has 1 atom stereocenters. The molecule has 0 aromatic heterocycles. The fourth-order valence-electron chi connectivity index (χ4n) is 1.51. The number of carboxylic acids is 1. The number of non-ortho nitro benzene ring substituents is 1. The zero-order valence-corrected chi connectivity index (χ0v) is 9.24. The van der Waals surface area contributed by atoms with Crippen molar-refractivity contribution in [2.24, 2.45) is 0 Å². The van der Waals surface area contributed by atoms with Crippen LogP contribution in [-0.4, -0.2) is 21.1 Å². The van der Waals surface area contributed by atoms with Crippen LogP contribution >= 0.6 is 0 Å². The Morgan fingerprint density at radius 3 is 2.72 bits per heavy atom. The summed E-state index contributed by atoms with van der Waals surface area (Å²) in [5.41, 5.74) is 0.160. The summed E-state index contributed by atoms with van der Waals surface area (Å²) in [5.74, 6) is -1.44. The lowest BCUT2D eigenvalue weighted by Gasteiger charge is -2.11. The minimum atomic E-state index is -1.75. The van der Waals surface area contributed by atoms with E-state index in [2.05, 4.69) is 0 Å². The van der Waals surface area contributed by atoms with Gasteiger partial charge in [-0.05, 0) is 23.6 Å². The number of hydrogen-bond acceptors (Lipinski definition) is 5. The van der Waals surface area contributed by atoms with E-state index in [9.17, 15) is 20.0 Å². The SMILES string of the molecule is N#CCCc1cc([N+](=O)[O-])ccc1C(O)C(=O)O. The first kappa shape index (κ1) is 13.6. The molecule has 94 valence electrons. The highest BCUT2D eigenvalue weighted by Crippen LogP contribution is 2.24. The maximum atomic E-state index is 10.7. The van der Waals surface area contributed by atoms with Gasteiger partial charge in [0.05, 0.1) is 11.0 Å². The second-order valence-corrected chi connectivity index (χ2v) is 3.54. The maximum Gasteiger partial charge on any atom is 0.337 e. The van der Waals surface area contributed by atoms with Crippen molar-refractivity contribution in [3.63, 3.8) is 0 Å². The van der Waals surface area contributed by atoms with Crippen LogP contribution in [0.3, 0.4) is 0 Å². The Balaban J connectivity index is 3.20. The first-order valence-electron chi connectivity index (χ1n) is 5.02. The number of hydrogen-bond donors (Lipinski definition) is 2. The number of nitrogens with zero attached hydrogens (tertiary/aromatic N) is 2. The molecule has 0 aliphatic rings. The molecule has 0 aliphatic carbocycles. The molecule has 1 rings (SSSR count). The van der Waals surface area contributed by atoms with Gasteiger partial charge < -0.3 is 10.2 Å². The Morgan fingerprint density at radius 2 is 2.22 bits per heavy atom. The second-order valence-electron chi connectivity index (χ2n) is 3.54. The molecule has 0 amide bonds. The number of nitro benzene ring substituents is 1. The van der Waals surface area contributed by atoms with Crippen LogP contribution in [0.2, 0.25) is 0 Å². The second kappa shape index (κ2) is 5.75. The molecule has 0 saturated heterocycles. The number of carbonyl (C=O) groups is 1. The predicted octanol–water partition coefficient (Wildman–Crippen LogP) is 1.17. The van der Waals surface area contributed by atoms with E-state index in [4.69, 9.17) is 10.4 Å². The number of aryl methyl sites for hydroxylation is 1. The van der Waals surface area contributed by atoms with E-state index in [1.165, 1.54) is 12.1 Å². The molecule has 0 radical (unpaired) electrons. The summed E-state index contributed by atoms with van der Waals surface area (Å²) in [6.07, 6.45) is -1.52. The third kappa shape index (κ3) is 3.02. The van der Waals surface area contributed by atoms with Crippen molar-refractivity contribution in [2.45, 2.75) is 18.9 Å². The zero-order chi connectivity index (χ0) is 13.7. The maximum absolute atomic E-state index is 10.7. The lowest BCUT2D eigenvalue weighted by molar-refractivity contribution is -0.384. The van der Waals surface area contributed by atoms with Crippen LogP contribution in [0.4, 0.5) is 5.69 Å². The van der Waals surface area contributed by atoms with Crippen molar-refractivity contribution < 1.29 is 19.9 Å². The van der Waals surface area contributed by atoms with Crippen molar-refractivity contribution in [1.82, 2.24) is 0 Å². The van der Waals surface area contributed by atoms with Gasteiger partial charge >= 0.3 is 5.97 Å². The number of nitro groups is 1. The quantitative estimate of drug-likeness (QED) is 0.596. The van der Waals surface area contributed by atoms with Crippen LogP contribution in [0.15, 0.2) is 18.2 Å². The minimum Gasteiger partial charge on any atom is -0.479 e. The monoisotopic (exact) mass is 250 g/mol. The van der Waals surface area contributed by atoms with Gasteiger partial charge in [0.1, 0.15) is 0 Å². The molecular weight excluding hydrogens is 240 g/mol. The van der Waals surface area contributed by atoms with Crippen LogP contribution in [-0.2, 0) is 11.2 Å². The molecule has 18 heavy (non-hydrogen) atoms. The molecule has 7 heteroatoms. The standard InChI is InChI=1S/C11H10N2O5/c12-5-1-2-7-6-8(13(17)18)3-4-9(7)10(14)11(15)16/h3-4,6,10,14H,1-2H2,(H,15,16). The largest absolute Gasteiger partial charge is 0.479 e. The smallest absolute Gasteiger partial charge is 0.337 e. The van der Waals surface area contributed by atoms with Gasteiger partial charge in [-0.1, -0.05) is 0 Å². The molecule has 1 aromatic carbocycles. The lowest BCUT2D eigenvalue weighted by Crippen LogP contribution is -2.13. The Labute approximate surface area is 102 Å². The van der Waals surface area contributed by atoms with E-state index < -0.39 is 17.0 Å². The predicted molar refractivity (Wildman–Crippen MR) is 59.6 cm³/mol. The molecule has 1 unspecified atom stereocenters. The van der Waals surface area contributed by atoms with Gasteiger partial charge in [-0.25, -0.2) is 4.79 Å². The van der Waals surface area contributed by atoms with E-state index >= 15 is 0 Å². The van der Waals surface area contributed by atoms with Gasteiger partial charge in [-0.2, -0.15) is 5.26 Å². The summed E-state index contributed by atoms with van der Waals surface area (Å²) in [6.45, 7) is 0. The van der Waals surface area contributed by atoms with E-state index in [1.54, 1.807) is 0 Å². The number of aliphatic hydroxyl groups excluding tert-OH is 1. The van der Waals surface area contributed by atoms with Crippen molar-refractivity contribution >= 4 is 11.7 Å². The van der Waals surface area contributed by atoms with E-state index in [0.29, 0.717) is 5.56 Å². The number of aliphatic carboxylic acids is 1. The van der Waals surface area contributed by atoms with Crippen molar-refractivity contribution in [1.29, 1.82) is 5.26 Å². The highest BCUT2D eigenvalue weighted by atomic mass is 16.6. The van der Waals surface area contributed by atoms with E-state index in [0.717, 1.165) is 6.07 Å². The molecule has 0 heterocycles. The van der Waals surface area contributed by atoms with Crippen LogP contribution in [0.1, 0.15) is 23.7 Å². The number of aliphatic hydroxyl groups is 1. The fraction of sp³-hybridized carbons (Fsp3) is 0.273. The van der Waals surface area contributed by atoms with Crippen molar-refractivity contribution in [3.8, 4) is 6.07 Å². The minimum absolute atomic E-state index is 0.0725. The molecule has 0 bridgehead atoms. The lowest BCUT2D eigenvalue weighted by atomic mass is 9.98. The molecule has 0 spiro atoms. The highest BCUT2D eigenvalue weighted by molar-refractivity contribution is 5.74. The van der Waals surface area contributed by atoms with E-state index in [-0.39, 0.29) is 24.1 Å². The Kier molecular flexibility index (Phi) is 4.34. The summed E-state index contributed by atoms with van der Waals surface area (Å²) in [6, 6.07) is 5.36. The summed E-state index contributed by atoms with van der Waals surface area (Å²) >= 11 is 0.